The summed E-state index contributed by atoms with van der Waals surface area (Å²) >= 11 is 0. The first-order valence-electron chi connectivity index (χ1n) is 7.23. The van der Waals surface area contributed by atoms with E-state index in [4.69, 9.17) is 14.3 Å². The number of rotatable bonds is 1. The normalized spacial score (nSPS) is 14.1. The Morgan fingerprint density at radius 2 is 1.91 bits per heavy atom. The van der Waals surface area contributed by atoms with Crippen molar-refractivity contribution >= 4 is 34.4 Å². The SMILES string of the molecule is Cc1nc(N2CCCC2)c2oc3ccccc3c2n1.O=CO. The number of benzene rings is 1. The van der Waals surface area contributed by atoms with Gasteiger partial charge >= 0.3 is 0 Å². The molecule has 4 rings (SSSR count). The van der Waals surface area contributed by atoms with E-state index in [0.29, 0.717) is 0 Å². The van der Waals surface area contributed by atoms with Crippen LogP contribution in [-0.2, 0) is 4.79 Å². The van der Waals surface area contributed by atoms with Crippen molar-refractivity contribution in [2.75, 3.05) is 18.0 Å². The number of aromatic nitrogens is 2. The van der Waals surface area contributed by atoms with Crippen molar-refractivity contribution in [1.82, 2.24) is 9.97 Å². The summed E-state index contributed by atoms with van der Waals surface area (Å²) in [7, 11) is 0. The maximum atomic E-state index is 8.36. The third kappa shape index (κ3) is 2.47. The van der Waals surface area contributed by atoms with Crippen LogP contribution in [0.1, 0.15) is 18.7 Å². The van der Waals surface area contributed by atoms with E-state index in [9.17, 15) is 0 Å². The molecule has 0 amide bonds. The van der Waals surface area contributed by atoms with Crippen molar-refractivity contribution < 1.29 is 14.3 Å². The van der Waals surface area contributed by atoms with Crippen LogP contribution < -0.4 is 4.90 Å². The molecule has 6 heteroatoms. The summed E-state index contributed by atoms with van der Waals surface area (Å²) in [4.78, 5) is 19.8. The van der Waals surface area contributed by atoms with Gasteiger partial charge < -0.3 is 14.4 Å². The molecule has 1 saturated heterocycles. The van der Waals surface area contributed by atoms with Crippen LogP contribution in [0.4, 0.5) is 5.82 Å². The molecule has 0 bridgehead atoms. The second-order valence-electron chi connectivity index (χ2n) is 5.17. The largest absolute Gasteiger partial charge is 0.483 e. The summed E-state index contributed by atoms with van der Waals surface area (Å²) in [5.74, 6) is 1.76. The molecule has 0 aliphatic carbocycles. The lowest BCUT2D eigenvalue weighted by Crippen LogP contribution is -2.19. The number of fused-ring (bicyclic) bond motifs is 3. The highest BCUT2D eigenvalue weighted by atomic mass is 16.3. The van der Waals surface area contributed by atoms with Gasteiger partial charge in [0.2, 0.25) is 0 Å². The number of aryl methyl sites for hydroxylation is 1. The fourth-order valence-electron chi connectivity index (χ4n) is 2.83. The molecule has 114 valence electrons. The molecule has 2 aromatic heterocycles. The first kappa shape index (κ1) is 14.3. The minimum Gasteiger partial charge on any atom is -0.483 e. The molecule has 1 N–H and O–H groups in total. The lowest BCUT2D eigenvalue weighted by atomic mass is 10.2. The van der Waals surface area contributed by atoms with E-state index < -0.39 is 0 Å². The molecule has 0 spiro atoms. The Kier molecular flexibility index (Phi) is 3.91. The zero-order valence-corrected chi connectivity index (χ0v) is 12.3. The van der Waals surface area contributed by atoms with Gasteiger partial charge in [0.25, 0.3) is 6.47 Å². The minimum absolute atomic E-state index is 0.250. The molecular weight excluding hydrogens is 282 g/mol. The summed E-state index contributed by atoms with van der Waals surface area (Å²) in [6.07, 6.45) is 2.45. The van der Waals surface area contributed by atoms with E-state index in [1.54, 1.807) is 0 Å². The van der Waals surface area contributed by atoms with Crippen molar-refractivity contribution in [1.29, 1.82) is 0 Å². The van der Waals surface area contributed by atoms with Gasteiger partial charge in [-0.25, -0.2) is 9.97 Å². The number of carbonyl (C=O) groups is 1. The second kappa shape index (κ2) is 6.01. The number of carboxylic acid groups (broad SMARTS) is 1. The third-order valence-electron chi connectivity index (χ3n) is 3.72. The standard InChI is InChI=1S/C15H15N3O.CH2O2/c1-10-16-13-11-6-2-3-7-12(11)19-14(13)15(17-10)18-8-4-5-9-18;2-1-3/h2-3,6-7H,4-5,8-9H2,1H3;1H,(H,2,3). The number of anilines is 1. The Morgan fingerprint density at radius 1 is 1.23 bits per heavy atom. The molecule has 1 fully saturated rings. The van der Waals surface area contributed by atoms with Gasteiger partial charge in [0.05, 0.1) is 0 Å². The van der Waals surface area contributed by atoms with Crippen molar-refractivity contribution in [2.24, 2.45) is 0 Å². The second-order valence-corrected chi connectivity index (χ2v) is 5.17. The molecule has 1 aliphatic rings. The van der Waals surface area contributed by atoms with Gasteiger partial charge in [0.15, 0.2) is 11.4 Å². The zero-order chi connectivity index (χ0) is 15.5. The van der Waals surface area contributed by atoms with Crippen molar-refractivity contribution in [3.63, 3.8) is 0 Å². The minimum atomic E-state index is -0.250. The molecule has 6 nitrogen and oxygen atoms in total. The average Bonchev–Trinajstić information content (AvgIpc) is 3.15. The van der Waals surface area contributed by atoms with Crippen molar-refractivity contribution in [3.8, 4) is 0 Å². The Hall–Kier alpha value is -2.63. The highest BCUT2D eigenvalue weighted by molar-refractivity contribution is 6.05. The topological polar surface area (TPSA) is 79.5 Å². The molecule has 22 heavy (non-hydrogen) atoms. The van der Waals surface area contributed by atoms with Crippen LogP contribution in [0.15, 0.2) is 28.7 Å². The summed E-state index contributed by atoms with van der Waals surface area (Å²) in [6.45, 7) is 3.81. The Morgan fingerprint density at radius 3 is 2.64 bits per heavy atom. The van der Waals surface area contributed by atoms with E-state index in [-0.39, 0.29) is 6.47 Å². The molecule has 0 atom stereocenters. The predicted molar refractivity (Wildman–Crippen MR) is 84.2 cm³/mol. The first-order valence-corrected chi connectivity index (χ1v) is 7.23. The van der Waals surface area contributed by atoms with Crippen LogP contribution in [0.2, 0.25) is 0 Å². The van der Waals surface area contributed by atoms with Gasteiger partial charge in [0.1, 0.15) is 16.9 Å². The van der Waals surface area contributed by atoms with Gasteiger partial charge in [-0.15, -0.1) is 0 Å². The molecule has 0 unspecified atom stereocenters. The molecule has 3 heterocycles. The molecule has 0 radical (unpaired) electrons. The maximum Gasteiger partial charge on any atom is 0.290 e. The van der Waals surface area contributed by atoms with Gasteiger partial charge in [-0.2, -0.15) is 0 Å². The summed E-state index contributed by atoms with van der Waals surface area (Å²) in [6, 6.07) is 8.05. The van der Waals surface area contributed by atoms with Crippen molar-refractivity contribution in [2.45, 2.75) is 19.8 Å². The van der Waals surface area contributed by atoms with Crippen LogP contribution in [0.3, 0.4) is 0 Å². The van der Waals surface area contributed by atoms with E-state index in [0.717, 1.165) is 46.8 Å². The monoisotopic (exact) mass is 299 g/mol. The Labute approximate surface area is 127 Å². The zero-order valence-electron chi connectivity index (χ0n) is 12.3. The van der Waals surface area contributed by atoms with Crippen molar-refractivity contribution in [3.05, 3.63) is 30.1 Å². The number of hydrogen-bond acceptors (Lipinski definition) is 5. The first-order chi connectivity index (χ1) is 10.7. The fourth-order valence-corrected chi connectivity index (χ4v) is 2.83. The Bertz CT molecular complexity index is 807. The van der Waals surface area contributed by atoms with Crippen LogP contribution in [0.25, 0.3) is 22.1 Å². The van der Waals surface area contributed by atoms with Gasteiger partial charge in [-0.3, -0.25) is 4.79 Å². The lowest BCUT2D eigenvalue weighted by Gasteiger charge is -2.16. The van der Waals surface area contributed by atoms with E-state index in [1.165, 1.54) is 12.8 Å². The summed E-state index contributed by atoms with van der Waals surface area (Å²) in [5, 5.41) is 7.96. The average molecular weight is 299 g/mol. The van der Waals surface area contributed by atoms with E-state index in [2.05, 4.69) is 20.9 Å². The quantitative estimate of drug-likeness (QED) is 0.696. The highest BCUT2D eigenvalue weighted by Crippen LogP contribution is 2.33. The number of hydrogen-bond donors (Lipinski definition) is 1. The Balaban J connectivity index is 0.000000446. The van der Waals surface area contributed by atoms with Crippen LogP contribution in [-0.4, -0.2) is 34.6 Å². The lowest BCUT2D eigenvalue weighted by molar-refractivity contribution is -0.122. The molecular formula is C16H17N3O3. The van der Waals surface area contributed by atoms with Gasteiger partial charge in [0, 0.05) is 18.5 Å². The molecule has 1 aromatic carbocycles. The number of furan rings is 1. The van der Waals surface area contributed by atoms with Gasteiger partial charge in [-0.1, -0.05) is 12.1 Å². The number of para-hydroxylation sites is 1. The van der Waals surface area contributed by atoms with Gasteiger partial charge in [-0.05, 0) is 31.9 Å². The van der Waals surface area contributed by atoms with Crippen LogP contribution in [0, 0.1) is 6.92 Å². The maximum absolute atomic E-state index is 8.36. The fraction of sp³-hybridized carbons (Fsp3) is 0.312. The highest BCUT2D eigenvalue weighted by Gasteiger charge is 2.21. The summed E-state index contributed by atoms with van der Waals surface area (Å²) in [5.41, 5.74) is 2.65. The van der Waals surface area contributed by atoms with Crippen LogP contribution in [0.5, 0.6) is 0 Å². The third-order valence-corrected chi connectivity index (χ3v) is 3.72. The van der Waals surface area contributed by atoms with E-state index in [1.807, 2.05) is 25.1 Å². The molecule has 0 saturated carbocycles. The van der Waals surface area contributed by atoms with Crippen LogP contribution >= 0.6 is 0 Å². The predicted octanol–water partition coefficient (Wildman–Crippen LogP) is 2.99. The van der Waals surface area contributed by atoms with E-state index >= 15 is 0 Å². The molecule has 1 aliphatic heterocycles. The summed E-state index contributed by atoms with van der Waals surface area (Å²) < 4.78 is 5.98. The smallest absolute Gasteiger partial charge is 0.290 e. The molecule has 3 aromatic rings. The number of nitrogens with zero attached hydrogens (tertiary/aromatic N) is 3.